The number of carbonyl (C=O) groups is 1. The predicted octanol–water partition coefficient (Wildman–Crippen LogP) is 2.12. The van der Waals surface area contributed by atoms with Crippen LogP contribution in [0.5, 0.6) is 0 Å². The molecule has 0 saturated heterocycles. The van der Waals surface area contributed by atoms with Crippen molar-refractivity contribution in [1.29, 1.82) is 5.26 Å². The van der Waals surface area contributed by atoms with Crippen LogP contribution in [0.25, 0.3) is 0 Å². The Hall–Kier alpha value is -1.62. The van der Waals surface area contributed by atoms with Crippen molar-refractivity contribution < 1.29 is 4.79 Å². The Morgan fingerprint density at radius 2 is 2.14 bits per heavy atom. The number of aryl methyl sites for hydroxylation is 1. The van der Waals surface area contributed by atoms with Gasteiger partial charge < -0.3 is 0 Å². The smallest absolute Gasteiger partial charge is 0.136 e. The molecule has 2 rings (SSSR count). The molecule has 0 aromatic heterocycles. The van der Waals surface area contributed by atoms with Crippen molar-refractivity contribution in [2.45, 2.75) is 25.2 Å². The number of rotatable bonds is 1. The third-order valence-corrected chi connectivity index (χ3v) is 2.78. The fourth-order valence-electron chi connectivity index (χ4n) is 1.91. The van der Waals surface area contributed by atoms with Gasteiger partial charge in [-0.1, -0.05) is 29.8 Å². The first-order chi connectivity index (χ1) is 6.66. The van der Waals surface area contributed by atoms with Gasteiger partial charge in [-0.15, -0.1) is 0 Å². The molecule has 1 aromatic rings. The van der Waals surface area contributed by atoms with E-state index >= 15 is 0 Å². The lowest BCUT2D eigenvalue weighted by Gasteiger charge is -2.34. The molecule has 0 aliphatic heterocycles. The summed E-state index contributed by atoms with van der Waals surface area (Å²) in [5.41, 5.74) is 1.60. The quantitative estimate of drug-likeness (QED) is 0.672. The molecule has 2 heteroatoms. The average Bonchev–Trinajstić information content (AvgIpc) is 2.12. The SMILES string of the molecule is Cc1cccc(C2(C#N)CC(=O)C2)c1. The van der Waals surface area contributed by atoms with Crippen LogP contribution in [0, 0.1) is 18.3 Å². The zero-order valence-corrected chi connectivity index (χ0v) is 8.08. The summed E-state index contributed by atoms with van der Waals surface area (Å²) >= 11 is 0. The van der Waals surface area contributed by atoms with Crippen molar-refractivity contribution in [2.24, 2.45) is 0 Å². The van der Waals surface area contributed by atoms with E-state index in [0.29, 0.717) is 12.8 Å². The van der Waals surface area contributed by atoms with E-state index in [-0.39, 0.29) is 5.78 Å². The molecule has 0 heterocycles. The molecular weight excluding hydrogens is 174 g/mol. The van der Waals surface area contributed by atoms with Crippen LogP contribution >= 0.6 is 0 Å². The Balaban J connectivity index is 2.39. The van der Waals surface area contributed by atoms with Gasteiger partial charge in [-0.3, -0.25) is 4.79 Å². The molecule has 1 aliphatic rings. The van der Waals surface area contributed by atoms with Crippen molar-refractivity contribution >= 4 is 5.78 Å². The molecule has 0 atom stereocenters. The molecule has 1 fully saturated rings. The van der Waals surface area contributed by atoms with Gasteiger partial charge in [0.1, 0.15) is 5.78 Å². The van der Waals surface area contributed by atoms with Crippen LogP contribution in [-0.2, 0) is 10.2 Å². The Labute approximate surface area is 83.2 Å². The Morgan fingerprint density at radius 1 is 1.43 bits per heavy atom. The number of carbonyl (C=O) groups excluding carboxylic acids is 1. The zero-order chi connectivity index (χ0) is 10.2. The first kappa shape index (κ1) is 8.96. The lowest BCUT2D eigenvalue weighted by atomic mass is 9.64. The first-order valence-electron chi connectivity index (χ1n) is 4.66. The van der Waals surface area contributed by atoms with Crippen LogP contribution in [0.1, 0.15) is 24.0 Å². The molecule has 2 nitrogen and oxygen atoms in total. The minimum atomic E-state index is -0.525. The molecule has 0 N–H and O–H groups in total. The molecule has 0 bridgehead atoms. The fourth-order valence-corrected chi connectivity index (χ4v) is 1.91. The number of hydrogen-bond donors (Lipinski definition) is 0. The Kier molecular flexibility index (Phi) is 1.89. The third kappa shape index (κ3) is 1.22. The molecule has 1 aromatic carbocycles. The summed E-state index contributed by atoms with van der Waals surface area (Å²) in [6.45, 7) is 2.00. The van der Waals surface area contributed by atoms with Gasteiger partial charge in [0.25, 0.3) is 0 Å². The van der Waals surface area contributed by atoms with Crippen molar-refractivity contribution in [3.8, 4) is 6.07 Å². The number of benzene rings is 1. The van der Waals surface area contributed by atoms with E-state index in [1.165, 1.54) is 0 Å². The Bertz CT molecular complexity index is 420. The maximum absolute atomic E-state index is 11.0. The molecular formula is C12H11NO. The monoisotopic (exact) mass is 185 g/mol. The van der Waals surface area contributed by atoms with Crippen LogP contribution in [0.15, 0.2) is 24.3 Å². The molecule has 0 amide bonds. The van der Waals surface area contributed by atoms with Crippen LogP contribution in [-0.4, -0.2) is 5.78 Å². The highest BCUT2D eigenvalue weighted by Gasteiger charge is 2.45. The minimum Gasteiger partial charge on any atom is -0.300 e. The highest BCUT2D eigenvalue weighted by molar-refractivity contribution is 5.90. The summed E-state index contributed by atoms with van der Waals surface area (Å²) in [5, 5.41) is 9.10. The second-order valence-electron chi connectivity index (χ2n) is 3.96. The summed E-state index contributed by atoms with van der Waals surface area (Å²) in [7, 11) is 0. The Morgan fingerprint density at radius 3 is 2.64 bits per heavy atom. The van der Waals surface area contributed by atoms with E-state index in [1.807, 2.05) is 31.2 Å². The van der Waals surface area contributed by atoms with Gasteiger partial charge in [-0.05, 0) is 12.5 Å². The molecule has 70 valence electrons. The standard InChI is InChI=1S/C12H11NO/c1-9-3-2-4-10(5-9)12(8-13)6-11(14)7-12/h2-5H,6-7H2,1H3. The molecule has 0 unspecified atom stereocenters. The number of ketones is 1. The van der Waals surface area contributed by atoms with E-state index in [2.05, 4.69) is 6.07 Å². The van der Waals surface area contributed by atoms with Crippen LogP contribution in [0.2, 0.25) is 0 Å². The summed E-state index contributed by atoms with van der Waals surface area (Å²) in [6, 6.07) is 10.1. The van der Waals surface area contributed by atoms with Crippen molar-refractivity contribution in [1.82, 2.24) is 0 Å². The van der Waals surface area contributed by atoms with Crippen LogP contribution < -0.4 is 0 Å². The molecule has 0 radical (unpaired) electrons. The topological polar surface area (TPSA) is 40.9 Å². The van der Waals surface area contributed by atoms with Crippen molar-refractivity contribution in [2.75, 3.05) is 0 Å². The van der Waals surface area contributed by atoms with Gasteiger partial charge in [0, 0.05) is 12.8 Å². The summed E-state index contributed by atoms with van der Waals surface area (Å²) in [4.78, 5) is 11.0. The van der Waals surface area contributed by atoms with E-state index in [4.69, 9.17) is 5.26 Å². The number of nitrogens with zero attached hydrogens (tertiary/aromatic N) is 1. The summed E-state index contributed by atoms with van der Waals surface area (Å²) < 4.78 is 0. The highest BCUT2D eigenvalue weighted by atomic mass is 16.1. The molecule has 14 heavy (non-hydrogen) atoms. The van der Waals surface area contributed by atoms with E-state index in [0.717, 1.165) is 11.1 Å². The first-order valence-corrected chi connectivity index (χ1v) is 4.66. The predicted molar refractivity (Wildman–Crippen MR) is 52.7 cm³/mol. The van der Waals surface area contributed by atoms with E-state index < -0.39 is 5.41 Å². The lowest BCUT2D eigenvalue weighted by molar-refractivity contribution is -0.126. The van der Waals surface area contributed by atoms with Crippen LogP contribution in [0.3, 0.4) is 0 Å². The highest BCUT2D eigenvalue weighted by Crippen LogP contribution is 2.40. The van der Waals surface area contributed by atoms with Gasteiger partial charge in [0.05, 0.1) is 11.5 Å². The maximum atomic E-state index is 11.0. The normalized spacial score (nSPS) is 18.4. The lowest BCUT2D eigenvalue weighted by Crippen LogP contribution is -2.40. The van der Waals surface area contributed by atoms with Gasteiger partial charge in [-0.2, -0.15) is 5.26 Å². The molecule has 1 saturated carbocycles. The van der Waals surface area contributed by atoms with Crippen LogP contribution in [0.4, 0.5) is 0 Å². The second kappa shape index (κ2) is 2.95. The number of hydrogen-bond acceptors (Lipinski definition) is 2. The van der Waals surface area contributed by atoms with Gasteiger partial charge in [-0.25, -0.2) is 0 Å². The maximum Gasteiger partial charge on any atom is 0.136 e. The average molecular weight is 185 g/mol. The van der Waals surface area contributed by atoms with E-state index in [9.17, 15) is 4.79 Å². The molecule has 1 aliphatic carbocycles. The second-order valence-corrected chi connectivity index (χ2v) is 3.96. The van der Waals surface area contributed by atoms with Gasteiger partial charge in [0.2, 0.25) is 0 Å². The van der Waals surface area contributed by atoms with Crippen molar-refractivity contribution in [3.63, 3.8) is 0 Å². The van der Waals surface area contributed by atoms with Gasteiger partial charge >= 0.3 is 0 Å². The molecule has 0 spiro atoms. The fraction of sp³-hybridized carbons (Fsp3) is 0.333. The van der Waals surface area contributed by atoms with Gasteiger partial charge in [0.15, 0.2) is 0 Å². The van der Waals surface area contributed by atoms with E-state index in [1.54, 1.807) is 0 Å². The number of nitriles is 1. The number of Topliss-reactive ketones (excluding diaryl/α,β-unsaturated/α-hetero) is 1. The minimum absolute atomic E-state index is 0.188. The third-order valence-electron chi connectivity index (χ3n) is 2.78. The zero-order valence-electron chi connectivity index (χ0n) is 8.08. The largest absolute Gasteiger partial charge is 0.300 e. The summed E-state index contributed by atoms with van der Waals surface area (Å²) in [5.74, 6) is 0.188. The van der Waals surface area contributed by atoms with Crippen molar-refractivity contribution in [3.05, 3.63) is 35.4 Å². The summed E-state index contributed by atoms with van der Waals surface area (Å²) in [6.07, 6.45) is 0.764.